The molecule has 1 aromatic carbocycles. The highest BCUT2D eigenvalue weighted by molar-refractivity contribution is 7.89. The van der Waals surface area contributed by atoms with Gasteiger partial charge in [-0.3, -0.25) is 9.55 Å². The number of halogens is 1. The Morgan fingerprint density at radius 2 is 2.14 bits per heavy atom. The van der Waals surface area contributed by atoms with Gasteiger partial charge in [0.05, 0.1) is 17.0 Å². The molecule has 148 valence electrons. The second-order valence-corrected chi connectivity index (χ2v) is 8.95. The van der Waals surface area contributed by atoms with Crippen LogP contribution in [-0.4, -0.2) is 41.5 Å². The summed E-state index contributed by atoms with van der Waals surface area (Å²) in [5.41, 5.74) is 0.776. The van der Waals surface area contributed by atoms with Gasteiger partial charge in [0.1, 0.15) is 16.9 Å². The van der Waals surface area contributed by atoms with Gasteiger partial charge >= 0.3 is 5.76 Å². The van der Waals surface area contributed by atoms with Gasteiger partial charge in [-0.1, -0.05) is 11.6 Å². The Morgan fingerprint density at radius 3 is 2.93 bits per heavy atom. The molecule has 1 atom stereocenters. The van der Waals surface area contributed by atoms with Crippen LogP contribution >= 0.6 is 11.6 Å². The van der Waals surface area contributed by atoms with Gasteiger partial charge in [0.15, 0.2) is 5.58 Å². The minimum absolute atomic E-state index is 0.110. The number of aryl methyl sites for hydroxylation is 1. The monoisotopic (exact) mass is 423 g/mol. The van der Waals surface area contributed by atoms with E-state index < -0.39 is 15.8 Å². The summed E-state index contributed by atoms with van der Waals surface area (Å²) in [7, 11) is -2.21. The Labute approximate surface area is 166 Å². The number of fused-ring (bicyclic) bond motifs is 1. The van der Waals surface area contributed by atoms with Gasteiger partial charge in [-0.2, -0.15) is 4.31 Å². The maximum atomic E-state index is 13.1. The number of hydrogen-bond donors (Lipinski definition) is 0. The molecule has 3 heterocycles. The van der Waals surface area contributed by atoms with E-state index in [1.807, 2.05) is 0 Å². The molecule has 0 aliphatic carbocycles. The Hall–Kier alpha value is -2.36. The molecule has 0 unspecified atom stereocenters. The van der Waals surface area contributed by atoms with Gasteiger partial charge in [-0.05, 0) is 31.0 Å². The summed E-state index contributed by atoms with van der Waals surface area (Å²) in [4.78, 5) is 15.7. The van der Waals surface area contributed by atoms with E-state index in [2.05, 4.69) is 4.98 Å². The van der Waals surface area contributed by atoms with E-state index in [0.29, 0.717) is 34.8 Å². The van der Waals surface area contributed by atoms with Gasteiger partial charge in [0.2, 0.25) is 10.0 Å². The molecule has 1 aliphatic heterocycles. The van der Waals surface area contributed by atoms with Crippen LogP contribution in [-0.2, 0) is 17.1 Å². The van der Waals surface area contributed by atoms with E-state index in [0.717, 1.165) is 6.42 Å². The number of rotatable bonds is 4. The molecule has 10 heteroatoms. The first-order valence-electron chi connectivity index (χ1n) is 8.72. The number of hydrogen-bond acceptors (Lipinski definition) is 6. The van der Waals surface area contributed by atoms with Crippen molar-refractivity contribution in [3.05, 3.63) is 52.2 Å². The molecule has 1 saturated heterocycles. The molecule has 0 amide bonds. The summed E-state index contributed by atoms with van der Waals surface area (Å²) in [5.74, 6) is -0.0547. The highest BCUT2D eigenvalue weighted by atomic mass is 35.5. The first-order chi connectivity index (χ1) is 13.4. The second kappa shape index (κ2) is 7.23. The van der Waals surface area contributed by atoms with Crippen molar-refractivity contribution < 1.29 is 17.6 Å². The Morgan fingerprint density at radius 1 is 1.32 bits per heavy atom. The molecule has 0 saturated carbocycles. The van der Waals surface area contributed by atoms with Crippen molar-refractivity contribution >= 4 is 32.7 Å². The highest BCUT2D eigenvalue weighted by Gasteiger charge is 2.32. The lowest BCUT2D eigenvalue weighted by Crippen LogP contribution is -2.44. The first kappa shape index (κ1) is 19.0. The van der Waals surface area contributed by atoms with E-state index in [1.54, 1.807) is 12.3 Å². The number of pyridine rings is 1. The van der Waals surface area contributed by atoms with Gasteiger partial charge in [0.25, 0.3) is 0 Å². The summed E-state index contributed by atoms with van der Waals surface area (Å²) >= 11 is 6.08. The van der Waals surface area contributed by atoms with E-state index in [4.69, 9.17) is 20.8 Å². The summed E-state index contributed by atoms with van der Waals surface area (Å²) in [6.07, 6.45) is 4.13. The zero-order valence-corrected chi connectivity index (χ0v) is 16.6. The minimum Gasteiger partial charge on any atom is -0.487 e. The number of ether oxygens (including phenoxy) is 1. The van der Waals surface area contributed by atoms with Crippen molar-refractivity contribution in [1.29, 1.82) is 0 Å². The molecule has 0 radical (unpaired) electrons. The Balaban J connectivity index is 1.59. The van der Waals surface area contributed by atoms with Crippen molar-refractivity contribution in [1.82, 2.24) is 13.9 Å². The molecule has 2 aromatic heterocycles. The van der Waals surface area contributed by atoms with Crippen LogP contribution in [0.5, 0.6) is 5.75 Å². The summed E-state index contributed by atoms with van der Waals surface area (Å²) in [6.45, 7) is 0.609. The van der Waals surface area contributed by atoms with Crippen molar-refractivity contribution in [2.45, 2.75) is 23.8 Å². The van der Waals surface area contributed by atoms with Gasteiger partial charge in [-0.15, -0.1) is 0 Å². The van der Waals surface area contributed by atoms with E-state index >= 15 is 0 Å². The summed E-state index contributed by atoms with van der Waals surface area (Å²) in [6, 6.07) is 6.06. The minimum atomic E-state index is -3.75. The molecule has 4 rings (SSSR count). The van der Waals surface area contributed by atoms with Crippen molar-refractivity contribution in [3.8, 4) is 5.75 Å². The Bertz CT molecular complexity index is 1190. The summed E-state index contributed by atoms with van der Waals surface area (Å²) < 4.78 is 39.9. The van der Waals surface area contributed by atoms with Crippen LogP contribution < -0.4 is 10.5 Å². The summed E-state index contributed by atoms with van der Waals surface area (Å²) in [5, 5.41) is 0.383. The topological polar surface area (TPSA) is 94.6 Å². The third kappa shape index (κ3) is 3.41. The third-order valence-corrected chi connectivity index (χ3v) is 6.92. The molecule has 0 N–H and O–H groups in total. The van der Waals surface area contributed by atoms with Crippen molar-refractivity contribution in [2.75, 3.05) is 13.1 Å². The van der Waals surface area contributed by atoms with E-state index in [-0.39, 0.29) is 17.5 Å². The maximum absolute atomic E-state index is 13.1. The van der Waals surface area contributed by atoms with Crippen LogP contribution in [0, 0.1) is 0 Å². The molecule has 1 aliphatic rings. The van der Waals surface area contributed by atoms with Crippen LogP contribution in [0.3, 0.4) is 0 Å². The second-order valence-electron chi connectivity index (χ2n) is 6.61. The van der Waals surface area contributed by atoms with Gasteiger partial charge in [0, 0.05) is 32.1 Å². The van der Waals surface area contributed by atoms with Crippen LogP contribution in [0.15, 0.2) is 50.8 Å². The molecular formula is C18H18ClN3O5S. The Kier molecular flexibility index (Phi) is 4.90. The number of benzene rings is 1. The third-order valence-electron chi connectivity index (χ3n) is 4.77. The van der Waals surface area contributed by atoms with Gasteiger partial charge < -0.3 is 9.15 Å². The predicted molar refractivity (Wildman–Crippen MR) is 103 cm³/mol. The fraction of sp³-hybridized carbons (Fsp3) is 0.333. The maximum Gasteiger partial charge on any atom is 0.419 e. The largest absolute Gasteiger partial charge is 0.487 e. The van der Waals surface area contributed by atoms with E-state index in [9.17, 15) is 13.2 Å². The number of piperidine rings is 1. The van der Waals surface area contributed by atoms with Crippen molar-refractivity contribution in [2.24, 2.45) is 7.05 Å². The lowest BCUT2D eigenvalue weighted by molar-refractivity contribution is 0.130. The van der Waals surface area contributed by atoms with Crippen LogP contribution in [0.25, 0.3) is 11.1 Å². The normalized spacial score (nSPS) is 18.4. The average Bonchev–Trinajstić information content (AvgIpc) is 2.97. The average molecular weight is 424 g/mol. The molecule has 28 heavy (non-hydrogen) atoms. The molecular weight excluding hydrogens is 406 g/mol. The highest BCUT2D eigenvalue weighted by Crippen LogP contribution is 2.28. The fourth-order valence-electron chi connectivity index (χ4n) is 3.27. The zero-order valence-electron chi connectivity index (χ0n) is 15.0. The van der Waals surface area contributed by atoms with Crippen molar-refractivity contribution in [3.63, 3.8) is 0 Å². The number of aromatic nitrogens is 2. The lowest BCUT2D eigenvalue weighted by atomic mass is 10.1. The SMILES string of the molecule is Cn1c(=O)oc2ccc(S(=O)(=O)N3CCC[C@@H](Oc4ccncc4Cl)C3)cc21. The van der Waals surface area contributed by atoms with Crippen LogP contribution in [0.4, 0.5) is 0 Å². The quantitative estimate of drug-likeness (QED) is 0.639. The van der Waals surface area contributed by atoms with Crippen LogP contribution in [0.2, 0.25) is 5.02 Å². The molecule has 0 bridgehead atoms. The van der Waals surface area contributed by atoms with Gasteiger partial charge in [-0.25, -0.2) is 13.2 Å². The van der Waals surface area contributed by atoms with E-state index in [1.165, 1.54) is 40.3 Å². The zero-order chi connectivity index (χ0) is 19.9. The molecule has 8 nitrogen and oxygen atoms in total. The molecule has 3 aromatic rings. The lowest BCUT2D eigenvalue weighted by Gasteiger charge is -2.32. The number of oxazole rings is 1. The standard InChI is InChI=1S/C18H18ClN3O5S/c1-21-15-9-13(4-5-17(15)27-18(21)23)28(24,25)22-8-2-3-12(11-22)26-16-6-7-20-10-14(16)19/h4-7,9-10,12H,2-3,8,11H2,1H3/t12-/m1/s1. The van der Waals surface area contributed by atoms with Crippen LogP contribution in [0.1, 0.15) is 12.8 Å². The smallest absolute Gasteiger partial charge is 0.419 e. The fourth-order valence-corrected chi connectivity index (χ4v) is 4.97. The molecule has 1 fully saturated rings. The number of nitrogens with zero attached hydrogens (tertiary/aromatic N) is 3. The number of sulfonamides is 1. The predicted octanol–water partition coefficient (Wildman–Crippen LogP) is 2.41. The molecule has 0 spiro atoms. The first-order valence-corrected chi connectivity index (χ1v) is 10.5.